The van der Waals surface area contributed by atoms with Crippen molar-refractivity contribution in [1.29, 1.82) is 0 Å². The number of ether oxygens (including phenoxy) is 1. The third-order valence-electron chi connectivity index (χ3n) is 6.11. The number of fused-ring (bicyclic) bond motifs is 1. The van der Waals surface area contributed by atoms with Gasteiger partial charge in [-0.1, -0.05) is 19.8 Å². The van der Waals surface area contributed by atoms with Crippen molar-refractivity contribution in [2.75, 3.05) is 19.4 Å². The fourth-order valence-electron chi connectivity index (χ4n) is 4.56. The Balaban J connectivity index is 1.45. The second-order valence-corrected chi connectivity index (χ2v) is 10.1. The quantitative estimate of drug-likeness (QED) is 0.692. The highest BCUT2D eigenvalue weighted by Gasteiger charge is 2.38. The SMILES string of the molecule is CC1CCN(C(=O)CCCOc2ccc(S(C)(=O)=O)cc2)C2CCCCC12. The first kappa shape index (κ1) is 20.2. The van der Waals surface area contributed by atoms with E-state index in [1.807, 2.05) is 0 Å². The standard InChI is InChI=1S/C21H31NO4S/c1-16-13-14-22(20-7-4-3-6-19(16)20)21(23)8-5-15-26-17-9-11-18(12-10-17)27(2,24)25/h9-12,16,19-20H,3-8,13-15H2,1-2H3. The molecule has 1 aromatic carbocycles. The molecule has 0 bridgehead atoms. The number of hydrogen-bond acceptors (Lipinski definition) is 4. The maximum atomic E-state index is 12.7. The summed E-state index contributed by atoms with van der Waals surface area (Å²) in [5.41, 5.74) is 0. The second-order valence-electron chi connectivity index (χ2n) is 8.06. The molecule has 2 fully saturated rings. The first-order chi connectivity index (χ1) is 12.9. The summed E-state index contributed by atoms with van der Waals surface area (Å²) >= 11 is 0. The smallest absolute Gasteiger partial charge is 0.222 e. The number of benzene rings is 1. The zero-order valence-electron chi connectivity index (χ0n) is 16.4. The van der Waals surface area contributed by atoms with E-state index in [9.17, 15) is 13.2 Å². The summed E-state index contributed by atoms with van der Waals surface area (Å²) in [7, 11) is -3.19. The van der Waals surface area contributed by atoms with E-state index < -0.39 is 9.84 Å². The van der Waals surface area contributed by atoms with Crippen LogP contribution in [0.5, 0.6) is 5.75 Å². The van der Waals surface area contributed by atoms with Crippen molar-refractivity contribution in [3.63, 3.8) is 0 Å². The third kappa shape index (κ3) is 5.03. The molecule has 0 radical (unpaired) electrons. The third-order valence-corrected chi connectivity index (χ3v) is 7.24. The Morgan fingerprint density at radius 2 is 1.85 bits per heavy atom. The number of carbonyl (C=O) groups is 1. The van der Waals surface area contributed by atoms with Crippen LogP contribution in [0.25, 0.3) is 0 Å². The highest BCUT2D eigenvalue weighted by molar-refractivity contribution is 7.90. The van der Waals surface area contributed by atoms with E-state index in [4.69, 9.17) is 4.74 Å². The molecule has 6 heteroatoms. The molecule has 1 aliphatic heterocycles. The van der Waals surface area contributed by atoms with Crippen LogP contribution in [0.3, 0.4) is 0 Å². The van der Waals surface area contributed by atoms with Crippen LogP contribution >= 0.6 is 0 Å². The fraction of sp³-hybridized carbons (Fsp3) is 0.667. The van der Waals surface area contributed by atoms with Gasteiger partial charge in [0.1, 0.15) is 5.75 Å². The van der Waals surface area contributed by atoms with E-state index in [1.54, 1.807) is 24.3 Å². The van der Waals surface area contributed by atoms with Gasteiger partial charge in [0.15, 0.2) is 9.84 Å². The van der Waals surface area contributed by atoms with Gasteiger partial charge in [-0.3, -0.25) is 4.79 Å². The molecule has 1 aliphatic carbocycles. The minimum Gasteiger partial charge on any atom is -0.494 e. The number of piperidine rings is 1. The average molecular weight is 394 g/mol. The summed E-state index contributed by atoms with van der Waals surface area (Å²) in [5, 5.41) is 0. The van der Waals surface area contributed by atoms with Crippen LogP contribution in [0.1, 0.15) is 51.9 Å². The minimum absolute atomic E-state index is 0.259. The van der Waals surface area contributed by atoms with Gasteiger partial charge in [0.25, 0.3) is 0 Å². The minimum atomic E-state index is -3.19. The first-order valence-corrected chi connectivity index (χ1v) is 12.0. The predicted octanol–water partition coefficient (Wildman–Crippen LogP) is 3.68. The lowest BCUT2D eigenvalue weighted by atomic mass is 9.72. The maximum Gasteiger partial charge on any atom is 0.222 e. The van der Waals surface area contributed by atoms with E-state index in [0.717, 1.165) is 25.3 Å². The Bertz CT molecular complexity index is 744. The largest absolute Gasteiger partial charge is 0.494 e. The Hall–Kier alpha value is -1.56. The average Bonchev–Trinajstić information content (AvgIpc) is 2.65. The molecule has 0 N–H and O–H groups in total. The lowest BCUT2D eigenvalue weighted by molar-refractivity contribution is -0.139. The van der Waals surface area contributed by atoms with Gasteiger partial charge >= 0.3 is 0 Å². The Kier molecular flexibility index (Phi) is 6.45. The molecule has 1 saturated carbocycles. The van der Waals surface area contributed by atoms with Crippen LogP contribution in [0.2, 0.25) is 0 Å². The Morgan fingerprint density at radius 1 is 1.15 bits per heavy atom. The van der Waals surface area contributed by atoms with Gasteiger partial charge in [-0.25, -0.2) is 8.42 Å². The Morgan fingerprint density at radius 3 is 2.56 bits per heavy atom. The molecule has 3 atom stereocenters. The van der Waals surface area contributed by atoms with E-state index in [0.29, 0.717) is 37.2 Å². The number of carbonyl (C=O) groups excluding carboxylic acids is 1. The van der Waals surface area contributed by atoms with Gasteiger partial charge in [0.2, 0.25) is 5.91 Å². The molecular weight excluding hydrogens is 362 g/mol. The molecule has 0 aromatic heterocycles. The Labute approximate surface area is 163 Å². The van der Waals surface area contributed by atoms with Crippen LogP contribution in [0.4, 0.5) is 0 Å². The fourth-order valence-corrected chi connectivity index (χ4v) is 5.19. The van der Waals surface area contributed by atoms with E-state index in [2.05, 4.69) is 11.8 Å². The van der Waals surface area contributed by atoms with Crippen molar-refractivity contribution in [2.45, 2.75) is 62.8 Å². The molecule has 2 aliphatic rings. The molecule has 150 valence electrons. The molecule has 1 amide bonds. The molecule has 1 saturated heterocycles. The molecule has 5 nitrogen and oxygen atoms in total. The summed E-state index contributed by atoms with van der Waals surface area (Å²) < 4.78 is 28.6. The van der Waals surface area contributed by atoms with Crippen molar-refractivity contribution >= 4 is 15.7 Å². The molecule has 3 rings (SSSR count). The van der Waals surface area contributed by atoms with Gasteiger partial charge in [-0.05, 0) is 61.8 Å². The molecule has 0 spiro atoms. The summed E-state index contributed by atoms with van der Waals surface area (Å²) in [5.74, 6) is 2.31. The summed E-state index contributed by atoms with van der Waals surface area (Å²) in [6.07, 6.45) is 8.47. The van der Waals surface area contributed by atoms with Gasteiger partial charge in [-0.15, -0.1) is 0 Å². The number of amides is 1. The lowest BCUT2D eigenvalue weighted by Crippen LogP contribution is -2.52. The normalized spacial score (nSPS) is 25.7. The summed E-state index contributed by atoms with van der Waals surface area (Å²) in [4.78, 5) is 15.2. The van der Waals surface area contributed by atoms with Crippen molar-refractivity contribution in [1.82, 2.24) is 4.90 Å². The van der Waals surface area contributed by atoms with Crippen LogP contribution in [0.15, 0.2) is 29.2 Å². The van der Waals surface area contributed by atoms with Crippen molar-refractivity contribution in [2.24, 2.45) is 11.8 Å². The van der Waals surface area contributed by atoms with Gasteiger partial charge < -0.3 is 9.64 Å². The van der Waals surface area contributed by atoms with Crippen molar-refractivity contribution < 1.29 is 17.9 Å². The molecular formula is C21H31NO4S. The topological polar surface area (TPSA) is 63.7 Å². The van der Waals surface area contributed by atoms with Gasteiger partial charge in [-0.2, -0.15) is 0 Å². The van der Waals surface area contributed by atoms with Gasteiger partial charge in [0.05, 0.1) is 11.5 Å². The van der Waals surface area contributed by atoms with Crippen LogP contribution < -0.4 is 4.74 Å². The van der Waals surface area contributed by atoms with Crippen LogP contribution in [0, 0.1) is 11.8 Å². The van der Waals surface area contributed by atoms with E-state index >= 15 is 0 Å². The van der Waals surface area contributed by atoms with Crippen molar-refractivity contribution in [3.05, 3.63) is 24.3 Å². The molecule has 27 heavy (non-hydrogen) atoms. The summed E-state index contributed by atoms with van der Waals surface area (Å²) in [6.45, 7) is 3.70. The molecule has 1 heterocycles. The zero-order chi connectivity index (χ0) is 19.4. The number of sulfone groups is 1. The first-order valence-electron chi connectivity index (χ1n) is 10.1. The highest BCUT2D eigenvalue weighted by Crippen LogP contribution is 2.39. The maximum absolute atomic E-state index is 12.7. The number of rotatable bonds is 6. The van der Waals surface area contributed by atoms with Crippen LogP contribution in [-0.4, -0.2) is 44.7 Å². The lowest BCUT2D eigenvalue weighted by Gasteiger charge is -2.47. The van der Waals surface area contributed by atoms with Crippen molar-refractivity contribution in [3.8, 4) is 5.75 Å². The number of hydrogen-bond donors (Lipinski definition) is 0. The highest BCUT2D eigenvalue weighted by atomic mass is 32.2. The zero-order valence-corrected chi connectivity index (χ0v) is 17.2. The molecule has 3 unspecified atom stereocenters. The number of nitrogens with zero attached hydrogens (tertiary/aromatic N) is 1. The van der Waals surface area contributed by atoms with Crippen LogP contribution in [-0.2, 0) is 14.6 Å². The monoisotopic (exact) mass is 393 g/mol. The van der Waals surface area contributed by atoms with Gasteiger partial charge in [0, 0.05) is 25.3 Å². The van der Waals surface area contributed by atoms with E-state index in [-0.39, 0.29) is 10.8 Å². The van der Waals surface area contributed by atoms with E-state index in [1.165, 1.54) is 25.5 Å². The summed E-state index contributed by atoms with van der Waals surface area (Å²) in [6, 6.07) is 6.87. The molecule has 1 aromatic rings. The number of likely N-dealkylation sites (tertiary alicyclic amines) is 1. The predicted molar refractivity (Wildman–Crippen MR) is 106 cm³/mol. The second kappa shape index (κ2) is 8.63.